The van der Waals surface area contributed by atoms with Crippen LogP contribution in [0.3, 0.4) is 0 Å². The monoisotopic (exact) mass is 349 g/mol. The largest absolute Gasteiger partial charge is 0.493 e. The van der Waals surface area contributed by atoms with Crippen LogP contribution < -0.4 is 14.8 Å². The predicted molar refractivity (Wildman–Crippen MR) is 93.8 cm³/mol. The summed E-state index contributed by atoms with van der Waals surface area (Å²) in [6.07, 6.45) is 5.07. The Morgan fingerprint density at radius 2 is 1.72 bits per heavy atom. The minimum absolute atomic E-state index is 0.137. The molecule has 0 atom stereocenters. The summed E-state index contributed by atoms with van der Waals surface area (Å²) < 4.78 is 15.4. The first-order valence-corrected chi connectivity index (χ1v) is 8.65. The Labute approximate surface area is 148 Å². The molecule has 1 aliphatic carbocycles. The van der Waals surface area contributed by atoms with Gasteiger partial charge in [0.15, 0.2) is 11.5 Å². The van der Waals surface area contributed by atoms with Crippen molar-refractivity contribution in [3.05, 3.63) is 23.8 Å². The van der Waals surface area contributed by atoms with Gasteiger partial charge in [0.05, 0.1) is 21.3 Å². The van der Waals surface area contributed by atoms with E-state index in [1.165, 1.54) is 7.11 Å². The van der Waals surface area contributed by atoms with Crippen molar-refractivity contribution in [2.24, 2.45) is 0 Å². The number of carbonyl (C=O) groups is 2. The van der Waals surface area contributed by atoms with Crippen LogP contribution in [0.1, 0.15) is 44.1 Å². The summed E-state index contributed by atoms with van der Waals surface area (Å²) in [7, 11) is 4.54. The van der Waals surface area contributed by atoms with Gasteiger partial charge in [0.25, 0.3) is 0 Å². The molecule has 0 heterocycles. The molecule has 1 amide bonds. The minimum atomic E-state index is -0.859. The van der Waals surface area contributed by atoms with Gasteiger partial charge in [0.2, 0.25) is 5.91 Å². The number of hydrogen-bond acceptors (Lipinski definition) is 5. The third kappa shape index (κ3) is 4.65. The van der Waals surface area contributed by atoms with E-state index in [1.807, 2.05) is 18.2 Å². The van der Waals surface area contributed by atoms with Crippen LogP contribution in [0.4, 0.5) is 0 Å². The molecule has 0 aliphatic heterocycles. The van der Waals surface area contributed by atoms with Gasteiger partial charge in [0.1, 0.15) is 5.54 Å². The van der Waals surface area contributed by atoms with Crippen molar-refractivity contribution < 1.29 is 23.8 Å². The van der Waals surface area contributed by atoms with E-state index in [1.54, 1.807) is 14.2 Å². The molecule has 138 valence electrons. The Morgan fingerprint density at radius 1 is 1.04 bits per heavy atom. The lowest BCUT2D eigenvalue weighted by Crippen LogP contribution is -2.56. The number of hydrogen-bond donors (Lipinski definition) is 1. The third-order valence-electron chi connectivity index (χ3n) is 4.75. The lowest BCUT2D eigenvalue weighted by molar-refractivity contribution is -0.152. The molecule has 25 heavy (non-hydrogen) atoms. The van der Waals surface area contributed by atoms with Gasteiger partial charge in [-0.25, -0.2) is 4.79 Å². The van der Waals surface area contributed by atoms with Gasteiger partial charge in [-0.3, -0.25) is 4.79 Å². The van der Waals surface area contributed by atoms with E-state index >= 15 is 0 Å². The molecule has 1 N–H and O–H groups in total. The molecular weight excluding hydrogens is 322 g/mol. The van der Waals surface area contributed by atoms with Crippen LogP contribution in [-0.4, -0.2) is 38.7 Å². The summed E-state index contributed by atoms with van der Waals surface area (Å²) in [6.45, 7) is 0. The van der Waals surface area contributed by atoms with Crippen molar-refractivity contribution >= 4 is 11.9 Å². The zero-order valence-corrected chi connectivity index (χ0v) is 15.2. The van der Waals surface area contributed by atoms with Gasteiger partial charge in [-0.05, 0) is 37.0 Å². The second-order valence-corrected chi connectivity index (χ2v) is 6.37. The number of carbonyl (C=O) groups excluding carboxylic acids is 2. The van der Waals surface area contributed by atoms with Crippen LogP contribution in [0, 0.1) is 0 Å². The number of ether oxygens (including phenoxy) is 3. The highest BCUT2D eigenvalue weighted by Gasteiger charge is 2.41. The van der Waals surface area contributed by atoms with Crippen molar-refractivity contribution in [2.75, 3.05) is 21.3 Å². The van der Waals surface area contributed by atoms with E-state index < -0.39 is 5.54 Å². The Bertz CT molecular complexity index is 608. The molecule has 1 saturated carbocycles. The number of aryl methyl sites for hydroxylation is 1. The van der Waals surface area contributed by atoms with Gasteiger partial charge < -0.3 is 19.5 Å². The summed E-state index contributed by atoms with van der Waals surface area (Å²) in [5.41, 5.74) is 0.116. The maximum absolute atomic E-state index is 12.4. The highest BCUT2D eigenvalue weighted by Crippen LogP contribution is 2.30. The van der Waals surface area contributed by atoms with Crippen LogP contribution in [-0.2, 0) is 20.7 Å². The molecule has 2 rings (SSSR count). The van der Waals surface area contributed by atoms with Gasteiger partial charge in [-0.15, -0.1) is 0 Å². The molecule has 0 aromatic heterocycles. The molecular formula is C19H27NO5. The van der Waals surface area contributed by atoms with Crippen LogP contribution in [0.5, 0.6) is 11.5 Å². The lowest BCUT2D eigenvalue weighted by Gasteiger charge is -2.35. The highest BCUT2D eigenvalue weighted by molar-refractivity contribution is 5.88. The molecule has 0 bridgehead atoms. The molecule has 0 saturated heterocycles. The van der Waals surface area contributed by atoms with Gasteiger partial charge in [0, 0.05) is 6.42 Å². The standard InChI is InChI=1S/C19H27NO5/c1-23-15-9-7-14(13-16(15)24-2)8-10-17(21)20-19(18(22)25-3)11-5-4-6-12-19/h7,9,13H,4-6,8,10-12H2,1-3H3,(H,20,21). The number of amides is 1. The molecule has 0 unspecified atom stereocenters. The summed E-state index contributed by atoms with van der Waals surface area (Å²) in [4.78, 5) is 24.6. The molecule has 1 aromatic rings. The van der Waals surface area contributed by atoms with Crippen molar-refractivity contribution in [3.8, 4) is 11.5 Å². The van der Waals surface area contributed by atoms with Gasteiger partial charge >= 0.3 is 5.97 Å². The lowest BCUT2D eigenvalue weighted by atomic mass is 9.81. The number of benzene rings is 1. The molecule has 1 fully saturated rings. The average Bonchev–Trinajstić information content (AvgIpc) is 2.66. The Kier molecular flexibility index (Phi) is 6.67. The number of rotatable bonds is 7. The van der Waals surface area contributed by atoms with Gasteiger partial charge in [-0.2, -0.15) is 0 Å². The summed E-state index contributed by atoms with van der Waals surface area (Å²) >= 11 is 0. The van der Waals surface area contributed by atoms with Crippen molar-refractivity contribution in [1.82, 2.24) is 5.32 Å². The highest BCUT2D eigenvalue weighted by atomic mass is 16.5. The van der Waals surface area contributed by atoms with E-state index in [-0.39, 0.29) is 11.9 Å². The topological polar surface area (TPSA) is 73.9 Å². The molecule has 0 radical (unpaired) electrons. The summed E-state index contributed by atoms with van der Waals surface area (Å²) in [5, 5.41) is 2.94. The van der Waals surface area contributed by atoms with Gasteiger partial charge in [-0.1, -0.05) is 25.3 Å². The SMILES string of the molecule is COC(=O)C1(NC(=O)CCc2ccc(OC)c(OC)c2)CCCCC1. The number of esters is 1. The zero-order chi connectivity index (χ0) is 18.3. The fourth-order valence-electron chi connectivity index (χ4n) is 3.35. The first-order valence-electron chi connectivity index (χ1n) is 8.65. The normalized spacial score (nSPS) is 16.0. The number of methoxy groups -OCH3 is 3. The van der Waals surface area contributed by atoms with Crippen molar-refractivity contribution in [3.63, 3.8) is 0 Å². The quantitative estimate of drug-likeness (QED) is 0.766. The molecule has 1 aliphatic rings. The van der Waals surface area contributed by atoms with Crippen LogP contribution >= 0.6 is 0 Å². The maximum atomic E-state index is 12.4. The second kappa shape index (κ2) is 8.74. The molecule has 6 nitrogen and oxygen atoms in total. The van der Waals surface area contributed by atoms with E-state index in [0.29, 0.717) is 37.2 Å². The zero-order valence-electron chi connectivity index (χ0n) is 15.2. The van der Waals surface area contributed by atoms with E-state index in [2.05, 4.69) is 5.32 Å². The fraction of sp³-hybridized carbons (Fsp3) is 0.579. The summed E-state index contributed by atoms with van der Waals surface area (Å²) in [5.74, 6) is 0.815. The van der Waals surface area contributed by atoms with Crippen molar-refractivity contribution in [1.29, 1.82) is 0 Å². The maximum Gasteiger partial charge on any atom is 0.331 e. The first kappa shape index (κ1) is 19.1. The summed E-state index contributed by atoms with van der Waals surface area (Å²) in [6, 6.07) is 5.59. The molecule has 0 spiro atoms. The number of nitrogens with one attached hydrogen (secondary N) is 1. The third-order valence-corrected chi connectivity index (χ3v) is 4.75. The minimum Gasteiger partial charge on any atom is -0.493 e. The van der Waals surface area contributed by atoms with E-state index in [0.717, 1.165) is 24.8 Å². The Balaban J connectivity index is 1.98. The van der Waals surface area contributed by atoms with E-state index in [4.69, 9.17) is 14.2 Å². The van der Waals surface area contributed by atoms with E-state index in [9.17, 15) is 9.59 Å². The van der Waals surface area contributed by atoms with Crippen LogP contribution in [0.25, 0.3) is 0 Å². The Hall–Kier alpha value is -2.24. The van der Waals surface area contributed by atoms with Crippen LogP contribution in [0.15, 0.2) is 18.2 Å². The smallest absolute Gasteiger partial charge is 0.331 e. The molecule has 1 aromatic carbocycles. The van der Waals surface area contributed by atoms with Crippen molar-refractivity contribution in [2.45, 2.75) is 50.5 Å². The Morgan fingerprint density at radius 3 is 2.32 bits per heavy atom. The fourth-order valence-corrected chi connectivity index (χ4v) is 3.35. The van der Waals surface area contributed by atoms with Crippen LogP contribution in [0.2, 0.25) is 0 Å². The molecule has 6 heteroatoms. The average molecular weight is 349 g/mol. The second-order valence-electron chi connectivity index (χ2n) is 6.37. The predicted octanol–water partition coefficient (Wildman–Crippen LogP) is 2.63. The first-order chi connectivity index (χ1) is 12.0.